The Morgan fingerprint density at radius 3 is 2.17 bits per heavy atom. The molecule has 4 rings (SSSR count). The van der Waals surface area contributed by atoms with Crippen molar-refractivity contribution in [3.8, 4) is 0 Å². The molecule has 4 fully saturated rings. The Labute approximate surface area is 111 Å². The maximum atomic E-state index is 6.19. The number of rotatable bonds is 3. The molecular formula is C15H29N3. The van der Waals surface area contributed by atoms with Gasteiger partial charge in [-0.25, -0.2) is 0 Å². The molecule has 18 heavy (non-hydrogen) atoms. The summed E-state index contributed by atoms with van der Waals surface area (Å²) in [6, 6.07) is 0.733. The van der Waals surface area contributed by atoms with Crippen molar-refractivity contribution in [1.82, 2.24) is 10.2 Å². The maximum Gasteiger partial charge on any atom is 0.0464 e. The number of nitrogens with zero attached hydrogens (tertiary/aromatic N) is 1. The summed E-state index contributed by atoms with van der Waals surface area (Å²) in [7, 11) is 0. The van der Waals surface area contributed by atoms with Gasteiger partial charge in [0.15, 0.2) is 0 Å². The van der Waals surface area contributed by atoms with Gasteiger partial charge in [0.25, 0.3) is 0 Å². The molecule has 3 aliphatic heterocycles. The largest absolute Gasteiger partial charge is 0.329 e. The van der Waals surface area contributed by atoms with E-state index in [9.17, 15) is 0 Å². The van der Waals surface area contributed by atoms with Crippen molar-refractivity contribution in [3.63, 3.8) is 0 Å². The molecule has 1 saturated carbocycles. The molecule has 1 aliphatic carbocycles. The topological polar surface area (TPSA) is 41.3 Å². The summed E-state index contributed by atoms with van der Waals surface area (Å²) in [5, 5.41) is 4.03. The Morgan fingerprint density at radius 2 is 1.67 bits per heavy atom. The molecule has 0 aromatic rings. The molecule has 1 atom stereocenters. The van der Waals surface area contributed by atoms with Crippen molar-refractivity contribution in [2.75, 3.05) is 26.2 Å². The van der Waals surface area contributed by atoms with Gasteiger partial charge in [-0.05, 0) is 44.7 Å². The minimum absolute atomic E-state index is 0.242. The SMILES string of the molecule is NCC1(NC2CCCCCC2)CN2CCC1CC2. The van der Waals surface area contributed by atoms with Crippen LogP contribution >= 0.6 is 0 Å². The van der Waals surface area contributed by atoms with Gasteiger partial charge in [0.05, 0.1) is 0 Å². The van der Waals surface area contributed by atoms with Crippen molar-refractivity contribution in [2.45, 2.75) is 62.9 Å². The Hall–Kier alpha value is -0.120. The van der Waals surface area contributed by atoms with Gasteiger partial charge in [-0.1, -0.05) is 25.7 Å². The Balaban J connectivity index is 1.67. The van der Waals surface area contributed by atoms with Crippen molar-refractivity contribution in [2.24, 2.45) is 11.7 Å². The van der Waals surface area contributed by atoms with Crippen LogP contribution in [0, 0.1) is 5.92 Å². The number of nitrogens with two attached hydrogens (primary N) is 1. The van der Waals surface area contributed by atoms with Gasteiger partial charge < -0.3 is 16.0 Å². The summed E-state index contributed by atoms with van der Waals surface area (Å²) in [5.41, 5.74) is 6.43. The van der Waals surface area contributed by atoms with Crippen LogP contribution in [0.15, 0.2) is 0 Å². The highest BCUT2D eigenvalue weighted by atomic mass is 15.2. The lowest BCUT2D eigenvalue weighted by Gasteiger charge is -2.54. The van der Waals surface area contributed by atoms with E-state index in [0.717, 1.165) is 18.5 Å². The van der Waals surface area contributed by atoms with Crippen LogP contribution in [0.3, 0.4) is 0 Å². The molecule has 0 aromatic carbocycles. The molecular weight excluding hydrogens is 222 g/mol. The van der Waals surface area contributed by atoms with Crippen LogP contribution in [0.4, 0.5) is 0 Å². The Kier molecular flexibility index (Phi) is 3.92. The van der Waals surface area contributed by atoms with E-state index in [4.69, 9.17) is 5.73 Å². The van der Waals surface area contributed by atoms with E-state index in [-0.39, 0.29) is 5.54 Å². The molecule has 0 spiro atoms. The average Bonchev–Trinajstić information content (AvgIpc) is 2.68. The number of hydrogen-bond acceptors (Lipinski definition) is 3. The molecule has 0 radical (unpaired) electrons. The molecule has 3 saturated heterocycles. The van der Waals surface area contributed by atoms with E-state index < -0.39 is 0 Å². The zero-order chi connectivity index (χ0) is 12.4. The molecule has 3 nitrogen and oxygen atoms in total. The van der Waals surface area contributed by atoms with Gasteiger partial charge >= 0.3 is 0 Å². The van der Waals surface area contributed by atoms with Crippen LogP contribution in [-0.4, -0.2) is 42.7 Å². The lowest BCUT2D eigenvalue weighted by Crippen LogP contribution is -2.70. The molecule has 3 heterocycles. The normalized spacial score (nSPS) is 41.8. The van der Waals surface area contributed by atoms with Crippen LogP contribution in [0.2, 0.25) is 0 Å². The van der Waals surface area contributed by atoms with Gasteiger partial charge in [-0.2, -0.15) is 0 Å². The summed E-state index contributed by atoms with van der Waals surface area (Å²) in [5.74, 6) is 0.829. The van der Waals surface area contributed by atoms with E-state index in [1.54, 1.807) is 0 Å². The van der Waals surface area contributed by atoms with Gasteiger partial charge in [-0.15, -0.1) is 0 Å². The summed E-state index contributed by atoms with van der Waals surface area (Å²) in [6.07, 6.45) is 11.1. The van der Waals surface area contributed by atoms with Crippen molar-refractivity contribution in [1.29, 1.82) is 0 Å². The number of piperidine rings is 3. The molecule has 0 amide bonds. The van der Waals surface area contributed by atoms with Gasteiger partial charge in [0, 0.05) is 24.7 Å². The van der Waals surface area contributed by atoms with Gasteiger partial charge in [0.1, 0.15) is 0 Å². The molecule has 3 N–H and O–H groups in total. The standard InChI is InChI=1S/C15H29N3/c16-11-15(12-18-9-7-13(15)8-10-18)17-14-5-3-1-2-4-6-14/h13-14,17H,1-12,16H2. The molecule has 0 aromatic heterocycles. The molecule has 2 bridgehead atoms. The van der Waals surface area contributed by atoms with E-state index in [2.05, 4.69) is 10.2 Å². The highest BCUT2D eigenvalue weighted by molar-refractivity contribution is 5.06. The molecule has 104 valence electrons. The highest BCUT2D eigenvalue weighted by Gasteiger charge is 2.46. The fraction of sp³-hybridized carbons (Fsp3) is 1.00. The monoisotopic (exact) mass is 251 g/mol. The van der Waals surface area contributed by atoms with Crippen LogP contribution < -0.4 is 11.1 Å². The quantitative estimate of drug-likeness (QED) is 0.751. The maximum absolute atomic E-state index is 6.19. The van der Waals surface area contributed by atoms with E-state index in [0.29, 0.717) is 0 Å². The third-order valence-corrected chi connectivity index (χ3v) is 5.59. The van der Waals surface area contributed by atoms with E-state index >= 15 is 0 Å². The van der Waals surface area contributed by atoms with E-state index in [1.165, 1.54) is 71.0 Å². The smallest absolute Gasteiger partial charge is 0.0464 e. The van der Waals surface area contributed by atoms with Crippen LogP contribution in [0.1, 0.15) is 51.4 Å². The first-order chi connectivity index (χ1) is 8.82. The highest BCUT2D eigenvalue weighted by Crippen LogP contribution is 2.36. The fourth-order valence-corrected chi connectivity index (χ4v) is 4.46. The summed E-state index contributed by atoms with van der Waals surface area (Å²) < 4.78 is 0. The lowest BCUT2D eigenvalue weighted by molar-refractivity contribution is 0.00322. The van der Waals surface area contributed by atoms with Crippen LogP contribution in [0.5, 0.6) is 0 Å². The minimum atomic E-state index is 0.242. The second-order valence-electron chi connectivity index (χ2n) is 6.74. The first-order valence-corrected chi connectivity index (χ1v) is 8.02. The van der Waals surface area contributed by atoms with E-state index in [1.807, 2.05) is 0 Å². The van der Waals surface area contributed by atoms with Gasteiger partial charge in [-0.3, -0.25) is 0 Å². The van der Waals surface area contributed by atoms with Crippen LogP contribution in [-0.2, 0) is 0 Å². The zero-order valence-electron chi connectivity index (χ0n) is 11.7. The third kappa shape index (κ3) is 2.45. The summed E-state index contributed by atoms with van der Waals surface area (Å²) in [6.45, 7) is 4.63. The Morgan fingerprint density at radius 1 is 1.00 bits per heavy atom. The van der Waals surface area contributed by atoms with Crippen molar-refractivity contribution < 1.29 is 0 Å². The average molecular weight is 251 g/mol. The number of nitrogens with one attached hydrogen (secondary N) is 1. The third-order valence-electron chi connectivity index (χ3n) is 5.59. The summed E-state index contributed by atoms with van der Waals surface area (Å²) in [4.78, 5) is 2.62. The zero-order valence-corrected chi connectivity index (χ0v) is 11.7. The van der Waals surface area contributed by atoms with Crippen molar-refractivity contribution >= 4 is 0 Å². The molecule has 1 unspecified atom stereocenters. The number of hydrogen-bond donors (Lipinski definition) is 2. The first-order valence-electron chi connectivity index (χ1n) is 8.02. The predicted octanol–water partition coefficient (Wildman–Crippen LogP) is 1.72. The lowest BCUT2D eigenvalue weighted by atomic mass is 9.72. The summed E-state index contributed by atoms with van der Waals surface area (Å²) >= 11 is 0. The number of fused-ring (bicyclic) bond motifs is 3. The Bertz CT molecular complexity index is 265. The molecule has 4 aliphatic rings. The minimum Gasteiger partial charge on any atom is -0.329 e. The van der Waals surface area contributed by atoms with Crippen LogP contribution in [0.25, 0.3) is 0 Å². The second-order valence-corrected chi connectivity index (χ2v) is 6.74. The fourth-order valence-electron chi connectivity index (χ4n) is 4.46. The van der Waals surface area contributed by atoms with Gasteiger partial charge in [0.2, 0.25) is 0 Å². The first kappa shape index (κ1) is 12.9. The predicted molar refractivity (Wildman–Crippen MR) is 75.6 cm³/mol. The van der Waals surface area contributed by atoms with Crippen molar-refractivity contribution in [3.05, 3.63) is 0 Å². The molecule has 3 heteroatoms. The second kappa shape index (κ2) is 5.48.